The number of nitrogens with one attached hydrogen (secondary N) is 1. The summed E-state index contributed by atoms with van der Waals surface area (Å²) in [5.41, 5.74) is 1.23. The Hall–Kier alpha value is -1.55. The van der Waals surface area contributed by atoms with Crippen LogP contribution in [0.2, 0.25) is 0 Å². The van der Waals surface area contributed by atoms with Crippen LogP contribution in [0.1, 0.15) is 22.8 Å². The summed E-state index contributed by atoms with van der Waals surface area (Å²) in [5, 5.41) is 12.3. The van der Waals surface area contributed by atoms with Crippen molar-refractivity contribution >= 4 is 5.91 Å². The molecule has 0 bridgehead atoms. The average Bonchev–Trinajstić information content (AvgIpc) is 2.21. The van der Waals surface area contributed by atoms with Crippen LogP contribution < -0.4 is 5.32 Å². The van der Waals surface area contributed by atoms with E-state index < -0.39 is 0 Å². The Balaban J connectivity index is 2.76. The number of phenols is 1. The zero-order valence-electron chi connectivity index (χ0n) is 9.78. The molecule has 0 saturated carbocycles. The van der Waals surface area contributed by atoms with Gasteiger partial charge in [0.05, 0.1) is 12.2 Å². The van der Waals surface area contributed by atoms with Gasteiger partial charge in [-0.05, 0) is 26.0 Å². The molecule has 0 aliphatic heterocycles. The number of rotatable bonds is 4. The molecule has 0 aliphatic rings. The highest BCUT2D eigenvalue weighted by molar-refractivity contribution is 5.97. The van der Waals surface area contributed by atoms with E-state index in [-0.39, 0.29) is 17.7 Å². The maximum atomic E-state index is 11.8. The number of aromatic hydroxyl groups is 1. The molecule has 0 heterocycles. The molecule has 1 amide bonds. The molecule has 2 N–H and O–H groups in total. The standard InChI is InChI=1S/C12H17NO3/c1-8-4-5-11(14)10(6-8)12(15)13-9(2)7-16-3/h4-6,9,14H,7H2,1-3H3,(H,13,15). The van der Waals surface area contributed by atoms with Crippen molar-refractivity contribution in [3.05, 3.63) is 29.3 Å². The van der Waals surface area contributed by atoms with Crippen LogP contribution in [-0.2, 0) is 4.74 Å². The molecule has 1 unspecified atom stereocenters. The minimum Gasteiger partial charge on any atom is -0.507 e. The van der Waals surface area contributed by atoms with Crippen molar-refractivity contribution in [3.63, 3.8) is 0 Å². The number of ether oxygens (including phenoxy) is 1. The second kappa shape index (κ2) is 5.51. The summed E-state index contributed by atoms with van der Waals surface area (Å²) in [6.45, 7) is 4.15. The second-order valence-electron chi connectivity index (χ2n) is 3.85. The Kier molecular flexibility index (Phi) is 4.31. The third-order valence-electron chi connectivity index (χ3n) is 2.19. The van der Waals surface area contributed by atoms with E-state index in [4.69, 9.17) is 4.74 Å². The number of aryl methyl sites for hydroxylation is 1. The van der Waals surface area contributed by atoms with Crippen molar-refractivity contribution in [3.8, 4) is 5.75 Å². The fourth-order valence-electron chi connectivity index (χ4n) is 1.42. The number of carbonyl (C=O) groups excluding carboxylic acids is 1. The van der Waals surface area contributed by atoms with Gasteiger partial charge in [-0.1, -0.05) is 11.6 Å². The van der Waals surface area contributed by atoms with E-state index in [0.29, 0.717) is 12.2 Å². The van der Waals surface area contributed by atoms with Gasteiger partial charge in [0.2, 0.25) is 0 Å². The molecule has 1 aromatic rings. The topological polar surface area (TPSA) is 58.6 Å². The molecule has 4 heteroatoms. The van der Waals surface area contributed by atoms with Gasteiger partial charge >= 0.3 is 0 Å². The lowest BCUT2D eigenvalue weighted by molar-refractivity contribution is 0.0903. The highest BCUT2D eigenvalue weighted by Crippen LogP contribution is 2.17. The lowest BCUT2D eigenvalue weighted by atomic mass is 10.1. The summed E-state index contributed by atoms with van der Waals surface area (Å²) in [7, 11) is 1.58. The van der Waals surface area contributed by atoms with Gasteiger partial charge in [-0.3, -0.25) is 4.79 Å². The van der Waals surface area contributed by atoms with Gasteiger partial charge in [0.25, 0.3) is 5.91 Å². The van der Waals surface area contributed by atoms with Gasteiger partial charge in [-0.25, -0.2) is 0 Å². The van der Waals surface area contributed by atoms with E-state index in [1.54, 1.807) is 19.2 Å². The van der Waals surface area contributed by atoms with Crippen LogP contribution in [0.3, 0.4) is 0 Å². The highest BCUT2D eigenvalue weighted by atomic mass is 16.5. The smallest absolute Gasteiger partial charge is 0.255 e. The molecular weight excluding hydrogens is 206 g/mol. The van der Waals surface area contributed by atoms with Crippen molar-refractivity contribution in [2.24, 2.45) is 0 Å². The summed E-state index contributed by atoms with van der Waals surface area (Å²) in [6, 6.07) is 4.84. The normalized spacial score (nSPS) is 12.2. The van der Waals surface area contributed by atoms with Crippen molar-refractivity contribution < 1.29 is 14.6 Å². The zero-order valence-corrected chi connectivity index (χ0v) is 9.78. The molecule has 0 saturated heterocycles. The number of carbonyl (C=O) groups is 1. The van der Waals surface area contributed by atoms with Crippen LogP contribution in [-0.4, -0.2) is 30.8 Å². The van der Waals surface area contributed by atoms with E-state index >= 15 is 0 Å². The third-order valence-corrected chi connectivity index (χ3v) is 2.19. The molecule has 0 aromatic heterocycles. The minimum absolute atomic E-state index is 0.00674. The molecule has 0 fully saturated rings. The van der Waals surface area contributed by atoms with Crippen molar-refractivity contribution in [2.75, 3.05) is 13.7 Å². The van der Waals surface area contributed by atoms with Gasteiger partial charge in [0, 0.05) is 13.2 Å². The van der Waals surface area contributed by atoms with Gasteiger partial charge in [-0.15, -0.1) is 0 Å². The van der Waals surface area contributed by atoms with E-state index in [9.17, 15) is 9.90 Å². The van der Waals surface area contributed by atoms with Crippen molar-refractivity contribution in [2.45, 2.75) is 19.9 Å². The molecule has 4 nitrogen and oxygen atoms in total. The number of amides is 1. The summed E-state index contributed by atoms with van der Waals surface area (Å²) < 4.78 is 4.92. The third kappa shape index (κ3) is 3.24. The quantitative estimate of drug-likeness (QED) is 0.812. The maximum Gasteiger partial charge on any atom is 0.255 e. The molecule has 1 atom stereocenters. The number of hydrogen-bond donors (Lipinski definition) is 2. The van der Waals surface area contributed by atoms with Gasteiger partial charge in [0.15, 0.2) is 0 Å². The van der Waals surface area contributed by atoms with Crippen molar-refractivity contribution in [1.29, 1.82) is 0 Å². The Bertz CT molecular complexity index is 377. The molecule has 88 valence electrons. The number of hydrogen-bond acceptors (Lipinski definition) is 3. The Morgan fingerprint density at radius 2 is 2.25 bits per heavy atom. The summed E-state index contributed by atoms with van der Waals surface area (Å²) in [6.07, 6.45) is 0. The van der Waals surface area contributed by atoms with Crippen LogP contribution >= 0.6 is 0 Å². The van der Waals surface area contributed by atoms with Crippen LogP contribution in [0, 0.1) is 6.92 Å². The fourth-order valence-corrected chi connectivity index (χ4v) is 1.42. The van der Waals surface area contributed by atoms with E-state index in [0.717, 1.165) is 5.56 Å². The van der Waals surface area contributed by atoms with Crippen LogP contribution in [0.5, 0.6) is 5.75 Å². The molecule has 1 aromatic carbocycles. The molecule has 1 rings (SSSR count). The van der Waals surface area contributed by atoms with Gasteiger partial charge < -0.3 is 15.2 Å². The first-order chi connectivity index (χ1) is 7.54. The number of methoxy groups -OCH3 is 1. The lowest BCUT2D eigenvalue weighted by Gasteiger charge is -2.13. The SMILES string of the molecule is COCC(C)NC(=O)c1cc(C)ccc1O. The first kappa shape index (κ1) is 12.5. The van der Waals surface area contributed by atoms with Crippen LogP contribution in [0.15, 0.2) is 18.2 Å². The monoisotopic (exact) mass is 223 g/mol. The first-order valence-electron chi connectivity index (χ1n) is 5.14. The van der Waals surface area contributed by atoms with Crippen LogP contribution in [0.25, 0.3) is 0 Å². The van der Waals surface area contributed by atoms with E-state index in [2.05, 4.69) is 5.32 Å². The average molecular weight is 223 g/mol. The second-order valence-corrected chi connectivity index (χ2v) is 3.85. The highest BCUT2D eigenvalue weighted by Gasteiger charge is 2.13. The number of benzene rings is 1. The minimum atomic E-state index is -0.286. The molecule has 0 radical (unpaired) electrons. The van der Waals surface area contributed by atoms with Gasteiger partial charge in [0.1, 0.15) is 5.75 Å². The Labute approximate surface area is 95.2 Å². The Morgan fingerprint density at radius 1 is 1.56 bits per heavy atom. The molecular formula is C12H17NO3. The Morgan fingerprint density at radius 3 is 2.88 bits per heavy atom. The zero-order chi connectivity index (χ0) is 12.1. The predicted octanol–water partition coefficient (Wildman–Crippen LogP) is 1.47. The van der Waals surface area contributed by atoms with Gasteiger partial charge in [-0.2, -0.15) is 0 Å². The molecule has 0 aliphatic carbocycles. The van der Waals surface area contributed by atoms with Crippen molar-refractivity contribution in [1.82, 2.24) is 5.32 Å². The predicted molar refractivity (Wildman–Crippen MR) is 61.6 cm³/mol. The summed E-state index contributed by atoms with van der Waals surface area (Å²) in [4.78, 5) is 11.8. The summed E-state index contributed by atoms with van der Waals surface area (Å²) >= 11 is 0. The molecule has 16 heavy (non-hydrogen) atoms. The van der Waals surface area contributed by atoms with E-state index in [1.165, 1.54) is 6.07 Å². The molecule has 0 spiro atoms. The first-order valence-corrected chi connectivity index (χ1v) is 5.14. The largest absolute Gasteiger partial charge is 0.507 e. The number of phenolic OH excluding ortho intramolecular Hbond substituents is 1. The maximum absolute atomic E-state index is 11.8. The van der Waals surface area contributed by atoms with Crippen LogP contribution in [0.4, 0.5) is 0 Å². The lowest BCUT2D eigenvalue weighted by Crippen LogP contribution is -2.35. The summed E-state index contributed by atoms with van der Waals surface area (Å²) in [5.74, 6) is -0.293. The van der Waals surface area contributed by atoms with E-state index in [1.807, 2.05) is 13.8 Å². The fraction of sp³-hybridized carbons (Fsp3) is 0.417.